The summed E-state index contributed by atoms with van der Waals surface area (Å²) in [6, 6.07) is 8.21. The van der Waals surface area contributed by atoms with Gasteiger partial charge in [0.1, 0.15) is 11.9 Å². The molecule has 0 aromatic heterocycles. The second kappa shape index (κ2) is 7.85. The Morgan fingerprint density at radius 2 is 2.29 bits per heavy atom. The number of ether oxygens (including phenoxy) is 2. The summed E-state index contributed by atoms with van der Waals surface area (Å²) in [6.07, 6.45) is 3.37. The van der Waals surface area contributed by atoms with Gasteiger partial charge in [-0.3, -0.25) is 4.79 Å². The van der Waals surface area contributed by atoms with Gasteiger partial charge in [0.25, 0.3) is 0 Å². The third-order valence-corrected chi connectivity index (χ3v) is 4.85. The van der Waals surface area contributed by atoms with E-state index in [1.165, 1.54) is 0 Å². The smallest absolute Gasteiger partial charge is 0.249 e. The highest BCUT2D eigenvalue weighted by atomic mass is 16.5. The molecule has 1 unspecified atom stereocenters. The number of hydrogen-bond acceptors (Lipinski definition) is 5. The van der Waals surface area contributed by atoms with E-state index in [0.29, 0.717) is 6.54 Å². The average Bonchev–Trinajstić information content (AvgIpc) is 3.11. The highest BCUT2D eigenvalue weighted by Gasteiger charge is 2.32. The molecule has 0 saturated carbocycles. The Hall–Kier alpha value is -1.79. The van der Waals surface area contributed by atoms with Crippen LogP contribution in [-0.4, -0.2) is 50.9 Å². The van der Waals surface area contributed by atoms with E-state index in [1.807, 2.05) is 18.2 Å². The van der Waals surface area contributed by atoms with Crippen molar-refractivity contribution in [3.8, 4) is 5.75 Å². The van der Waals surface area contributed by atoms with E-state index in [4.69, 9.17) is 15.2 Å². The van der Waals surface area contributed by atoms with Crippen molar-refractivity contribution in [2.45, 2.75) is 43.9 Å². The Morgan fingerprint density at radius 1 is 1.42 bits per heavy atom. The second-order valence-electron chi connectivity index (χ2n) is 6.56. The molecule has 1 amide bonds. The molecule has 2 aliphatic rings. The molecular formula is C18H27N3O3. The third kappa shape index (κ3) is 3.99. The molecule has 3 atom stereocenters. The molecule has 24 heavy (non-hydrogen) atoms. The standard InChI is InChI=1S/C18H27N3O3/c1-23-15-6-2-5-14(10-15)21-9-3-4-13(12-21)20-18(22)17-8-7-16(11-19)24-17/h2,5-6,10,13,16-17H,3-4,7-9,11-12,19H2,1H3,(H,20,22)/t13?,16-,17+/m1/s1. The lowest BCUT2D eigenvalue weighted by Gasteiger charge is -2.35. The topological polar surface area (TPSA) is 76.8 Å². The van der Waals surface area contributed by atoms with Gasteiger partial charge in [-0.1, -0.05) is 6.07 Å². The predicted octanol–water partition coefficient (Wildman–Crippen LogP) is 1.29. The van der Waals surface area contributed by atoms with Crippen LogP contribution in [0.15, 0.2) is 24.3 Å². The third-order valence-electron chi connectivity index (χ3n) is 4.85. The van der Waals surface area contributed by atoms with Crippen molar-refractivity contribution in [3.05, 3.63) is 24.3 Å². The van der Waals surface area contributed by atoms with Crippen LogP contribution in [0.25, 0.3) is 0 Å². The van der Waals surface area contributed by atoms with Gasteiger partial charge in [-0.05, 0) is 37.8 Å². The molecule has 132 valence electrons. The molecule has 0 spiro atoms. The van der Waals surface area contributed by atoms with Gasteiger partial charge in [-0.25, -0.2) is 0 Å². The molecule has 1 aromatic carbocycles. The number of nitrogens with zero attached hydrogens (tertiary/aromatic N) is 1. The second-order valence-corrected chi connectivity index (χ2v) is 6.56. The van der Waals surface area contributed by atoms with E-state index < -0.39 is 0 Å². The maximum absolute atomic E-state index is 12.4. The summed E-state index contributed by atoms with van der Waals surface area (Å²) in [5.74, 6) is 0.856. The van der Waals surface area contributed by atoms with Crippen LogP contribution in [0.4, 0.5) is 5.69 Å². The van der Waals surface area contributed by atoms with Crippen molar-refractivity contribution in [1.29, 1.82) is 0 Å². The van der Waals surface area contributed by atoms with Crippen LogP contribution in [0.1, 0.15) is 25.7 Å². The fraction of sp³-hybridized carbons (Fsp3) is 0.611. The van der Waals surface area contributed by atoms with E-state index in [-0.39, 0.29) is 24.2 Å². The van der Waals surface area contributed by atoms with Gasteiger partial charge in [-0.15, -0.1) is 0 Å². The van der Waals surface area contributed by atoms with Crippen molar-refractivity contribution in [2.24, 2.45) is 5.73 Å². The summed E-state index contributed by atoms with van der Waals surface area (Å²) < 4.78 is 11.0. The number of nitrogens with one attached hydrogen (secondary N) is 1. The Morgan fingerprint density at radius 3 is 3.04 bits per heavy atom. The Labute approximate surface area is 143 Å². The summed E-state index contributed by atoms with van der Waals surface area (Å²) in [5, 5.41) is 3.16. The predicted molar refractivity (Wildman–Crippen MR) is 93.3 cm³/mol. The highest BCUT2D eigenvalue weighted by molar-refractivity contribution is 5.81. The molecule has 0 bridgehead atoms. The number of amides is 1. The van der Waals surface area contributed by atoms with Crippen LogP contribution in [0.5, 0.6) is 5.75 Å². The zero-order valence-electron chi connectivity index (χ0n) is 14.2. The van der Waals surface area contributed by atoms with Crippen LogP contribution in [-0.2, 0) is 9.53 Å². The van der Waals surface area contributed by atoms with Crippen molar-refractivity contribution in [3.63, 3.8) is 0 Å². The van der Waals surface area contributed by atoms with Crippen LogP contribution in [0.2, 0.25) is 0 Å². The molecule has 0 radical (unpaired) electrons. The molecule has 1 aromatic rings. The molecule has 6 heteroatoms. The number of rotatable bonds is 5. The number of methoxy groups -OCH3 is 1. The molecule has 6 nitrogen and oxygen atoms in total. The van der Waals surface area contributed by atoms with Crippen molar-refractivity contribution < 1.29 is 14.3 Å². The van der Waals surface area contributed by atoms with E-state index in [9.17, 15) is 4.79 Å². The van der Waals surface area contributed by atoms with Gasteiger partial charge < -0.3 is 25.4 Å². The first-order chi connectivity index (χ1) is 11.7. The first-order valence-corrected chi connectivity index (χ1v) is 8.74. The van der Waals surface area contributed by atoms with E-state index in [0.717, 1.165) is 50.2 Å². The quantitative estimate of drug-likeness (QED) is 0.849. The SMILES string of the molecule is COc1cccc(N2CCCC(NC(=O)[C@@H]3CC[C@H](CN)O3)C2)c1. The maximum Gasteiger partial charge on any atom is 0.249 e. The van der Waals surface area contributed by atoms with Gasteiger partial charge in [0, 0.05) is 37.4 Å². The summed E-state index contributed by atoms with van der Waals surface area (Å²) in [6.45, 7) is 2.29. The molecule has 2 heterocycles. The number of hydrogen-bond donors (Lipinski definition) is 2. The Kier molecular flexibility index (Phi) is 5.58. The first-order valence-electron chi connectivity index (χ1n) is 8.74. The number of anilines is 1. The summed E-state index contributed by atoms with van der Waals surface area (Å²) in [7, 11) is 1.68. The molecule has 2 fully saturated rings. The highest BCUT2D eigenvalue weighted by Crippen LogP contribution is 2.25. The zero-order valence-corrected chi connectivity index (χ0v) is 14.2. The molecule has 2 saturated heterocycles. The molecule has 2 aliphatic heterocycles. The Bertz CT molecular complexity index is 566. The summed E-state index contributed by atoms with van der Waals surface area (Å²) in [5.41, 5.74) is 6.75. The van der Waals surface area contributed by atoms with Crippen LogP contribution in [0, 0.1) is 0 Å². The zero-order chi connectivity index (χ0) is 16.9. The fourth-order valence-electron chi connectivity index (χ4n) is 3.50. The van der Waals surface area contributed by atoms with Crippen molar-refractivity contribution >= 4 is 11.6 Å². The average molecular weight is 333 g/mol. The first kappa shape index (κ1) is 17.0. The van der Waals surface area contributed by atoms with Crippen molar-refractivity contribution in [1.82, 2.24) is 5.32 Å². The van der Waals surface area contributed by atoms with E-state index in [2.05, 4.69) is 16.3 Å². The summed E-state index contributed by atoms with van der Waals surface area (Å²) in [4.78, 5) is 14.7. The number of benzene rings is 1. The summed E-state index contributed by atoms with van der Waals surface area (Å²) >= 11 is 0. The minimum atomic E-state index is -0.342. The van der Waals surface area contributed by atoms with Gasteiger partial charge in [-0.2, -0.15) is 0 Å². The van der Waals surface area contributed by atoms with Gasteiger partial charge >= 0.3 is 0 Å². The minimum Gasteiger partial charge on any atom is -0.497 e. The fourth-order valence-corrected chi connectivity index (χ4v) is 3.50. The normalized spacial score (nSPS) is 27.1. The monoisotopic (exact) mass is 333 g/mol. The van der Waals surface area contributed by atoms with Gasteiger partial charge in [0.05, 0.1) is 13.2 Å². The number of nitrogens with two attached hydrogens (primary N) is 1. The lowest BCUT2D eigenvalue weighted by atomic mass is 10.0. The minimum absolute atomic E-state index is 0.00319. The Balaban J connectivity index is 1.56. The lowest BCUT2D eigenvalue weighted by molar-refractivity contribution is -0.132. The van der Waals surface area contributed by atoms with Crippen LogP contribution < -0.4 is 20.7 Å². The van der Waals surface area contributed by atoms with E-state index in [1.54, 1.807) is 7.11 Å². The van der Waals surface area contributed by atoms with Crippen LogP contribution in [0.3, 0.4) is 0 Å². The number of piperidine rings is 1. The number of carbonyl (C=O) groups excluding carboxylic acids is 1. The largest absolute Gasteiger partial charge is 0.497 e. The van der Waals surface area contributed by atoms with Gasteiger partial charge in [0.15, 0.2) is 0 Å². The molecular weight excluding hydrogens is 306 g/mol. The molecule has 3 rings (SSSR count). The van der Waals surface area contributed by atoms with Crippen LogP contribution >= 0.6 is 0 Å². The molecule has 0 aliphatic carbocycles. The van der Waals surface area contributed by atoms with E-state index >= 15 is 0 Å². The van der Waals surface area contributed by atoms with Gasteiger partial charge in [0.2, 0.25) is 5.91 Å². The number of carbonyl (C=O) groups is 1. The van der Waals surface area contributed by atoms with Crippen molar-refractivity contribution in [2.75, 3.05) is 31.6 Å². The molecule has 3 N–H and O–H groups in total. The maximum atomic E-state index is 12.4. The lowest BCUT2D eigenvalue weighted by Crippen LogP contribution is -2.50.